The quantitative estimate of drug-likeness (QED) is 0.455. The first kappa shape index (κ1) is 23.4. The molecular formula is C30H31FNO3-. The van der Waals surface area contributed by atoms with Crippen LogP contribution in [-0.2, 0) is 11.2 Å². The van der Waals surface area contributed by atoms with Crippen LogP contribution in [0.1, 0.15) is 54.8 Å². The molecule has 35 heavy (non-hydrogen) atoms. The number of nitrogens with zero attached hydrogens (tertiary/aromatic N) is 1. The Morgan fingerprint density at radius 1 is 1.06 bits per heavy atom. The molecule has 4 nitrogen and oxygen atoms in total. The van der Waals surface area contributed by atoms with Crippen LogP contribution >= 0.6 is 0 Å². The highest BCUT2D eigenvalue weighted by molar-refractivity contribution is 5.70. The maximum absolute atomic E-state index is 14.4. The maximum atomic E-state index is 14.4. The standard InChI is InChI=1S/C30H32FNO3/c1-18(30(33)34)29(22-9-10-22)23-11-8-21-12-15-27(32(2)28(21)16-23)20-6-4-19(5-7-20)25-17-24(35-3)13-14-26(25)31/h4-8,11,13-14,16-18,22,27,29H,9-10,12,15H2,1-3H3,(H,33,34)/p-1/t18-,27?,29-/m0/s1. The monoisotopic (exact) mass is 472 g/mol. The van der Waals surface area contributed by atoms with E-state index < -0.39 is 11.9 Å². The van der Waals surface area contributed by atoms with Crippen molar-refractivity contribution in [2.75, 3.05) is 19.1 Å². The Hall–Kier alpha value is -3.34. The predicted molar refractivity (Wildman–Crippen MR) is 134 cm³/mol. The van der Waals surface area contributed by atoms with E-state index in [-0.39, 0.29) is 17.8 Å². The summed E-state index contributed by atoms with van der Waals surface area (Å²) in [6.07, 6.45) is 4.11. The van der Waals surface area contributed by atoms with Crippen LogP contribution in [-0.4, -0.2) is 20.1 Å². The van der Waals surface area contributed by atoms with Gasteiger partial charge in [0.2, 0.25) is 0 Å². The Morgan fingerprint density at radius 3 is 2.46 bits per heavy atom. The number of hydrogen-bond donors (Lipinski definition) is 0. The summed E-state index contributed by atoms with van der Waals surface area (Å²) in [7, 11) is 3.69. The summed E-state index contributed by atoms with van der Waals surface area (Å²) < 4.78 is 19.7. The van der Waals surface area contributed by atoms with Crippen molar-refractivity contribution in [2.45, 2.75) is 44.6 Å². The zero-order valence-corrected chi connectivity index (χ0v) is 20.5. The van der Waals surface area contributed by atoms with Crippen molar-refractivity contribution in [3.05, 3.63) is 83.2 Å². The van der Waals surface area contributed by atoms with Gasteiger partial charge in [0.05, 0.1) is 13.2 Å². The number of aliphatic carboxylic acids is 1. The molecule has 1 saturated carbocycles. The summed E-state index contributed by atoms with van der Waals surface area (Å²) in [6, 6.07) is 19.6. The van der Waals surface area contributed by atoms with E-state index in [9.17, 15) is 14.3 Å². The van der Waals surface area contributed by atoms with Gasteiger partial charge in [-0.05, 0) is 84.0 Å². The molecule has 1 fully saturated rings. The number of fused-ring (bicyclic) bond motifs is 1. The number of anilines is 1. The number of hydrogen-bond acceptors (Lipinski definition) is 4. The number of rotatable bonds is 7. The van der Waals surface area contributed by atoms with Crippen molar-refractivity contribution >= 4 is 11.7 Å². The zero-order valence-electron chi connectivity index (χ0n) is 20.5. The second kappa shape index (κ2) is 9.37. The van der Waals surface area contributed by atoms with Crippen molar-refractivity contribution in [1.82, 2.24) is 0 Å². The molecule has 3 atom stereocenters. The minimum Gasteiger partial charge on any atom is -0.550 e. The topological polar surface area (TPSA) is 52.6 Å². The molecule has 1 aliphatic carbocycles. The average Bonchev–Trinajstić information content (AvgIpc) is 3.70. The average molecular weight is 473 g/mol. The fourth-order valence-electron chi connectivity index (χ4n) is 5.68. The SMILES string of the molecule is COc1ccc(F)c(-c2ccc(C3CCc4ccc([C@H](C5CC5)[C@H](C)C(=O)[O-])cc4N3C)cc2)c1. The Morgan fingerprint density at radius 2 is 1.80 bits per heavy atom. The Labute approximate surface area is 206 Å². The number of carbonyl (C=O) groups excluding carboxylic acids is 1. The molecule has 0 aromatic heterocycles. The molecule has 0 amide bonds. The number of aryl methyl sites for hydroxylation is 1. The fourth-order valence-corrected chi connectivity index (χ4v) is 5.68. The molecule has 0 N–H and O–H groups in total. The molecule has 3 aromatic rings. The molecule has 1 aliphatic heterocycles. The van der Waals surface area contributed by atoms with Gasteiger partial charge in [0, 0.05) is 30.2 Å². The van der Waals surface area contributed by atoms with Gasteiger partial charge in [-0.25, -0.2) is 4.39 Å². The van der Waals surface area contributed by atoms with Gasteiger partial charge in [0.15, 0.2) is 0 Å². The van der Waals surface area contributed by atoms with E-state index in [0.29, 0.717) is 17.2 Å². The third kappa shape index (κ3) is 4.52. The van der Waals surface area contributed by atoms with Crippen LogP contribution in [0.2, 0.25) is 0 Å². The molecule has 3 aromatic carbocycles. The zero-order chi connectivity index (χ0) is 24.7. The van der Waals surface area contributed by atoms with Gasteiger partial charge in [0.1, 0.15) is 11.6 Å². The minimum atomic E-state index is -0.974. The number of carbonyl (C=O) groups is 1. The molecule has 2 aliphatic rings. The first-order valence-corrected chi connectivity index (χ1v) is 12.4. The maximum Gasteiger partial charge on any atom is 0.131 e. The summed E-state index contributed by atoms with van der Waals surface area (Å²) in [5.74, 6) is -0.701. The summed E-state index contributed by atoms with van der Waals surface area (Å²) in [4.78, 5) is 14.0. The van der Waals surface area contributed by atoms with Gasteiger partial charge in [-0.3, -0.25) is 0 Å². The summed E-state index contributed by atoms with van der Waals surface area (Å²) in [5.41, 5.74) is 6.07. The normalized spacial score (nSPS) is 19.1. The van der Waals surface area contributed by atoms with Crippen LogP contribution in [0.4, 0.5) is 10.1 Å². The van der Waals surface area contributed by atoms with Crippen LogP contribution in [0, 0.1) is 17.7 Å². The lowest BCUT2D eigenvalue weighted by Crippen LogP contribution is -2.34. The smallest absolute Gasteiger partial charge is 0.131 e. The number of carboxylic acids is 1. The predicted octanol–water partition coefficient (Wildman–Crippen LogP) is 5.50. The second-order valence-corrected chi connectivity index (χ2v) is 9.99. The van der Waals surface area contributed by atoms with E-state index >= 15 is 0 Å². The van der Waals surface area contributed by atoms with Gasteiger partial charge >= 0.3 is 0 Å². The van der Waals surface area contributed by atoms with Crippen molar-refractivity contribution < 1.29 is 19.0 Å². The molecule has 5 heteroatoms. The van der Waals surface area contributed by atoms with Gasteiger partial charge in [0.25, 0.3) is 0 Å². The van der Waals surface area contributed by atoms with E-state index in [2.05, 4.69) is 42.3 Å². The number of ether oxygens (including phenoxy) is 1. The highest BCUT2D eigenvalue weighted by Gasteiger charge is 2.37. The first-order chi connectivity index (χ1) is 16.9. The Balaban J connectivity index is 1.42. The minimum absolute atomic E-state index is 0.00359. The van der Waals surface area contributed by atoms with Crippen LogP contribution in [0.15, 0.2) is 60.7 Å². The molecular weight excluding hydrogens is 441 g/mol. The van der Waals surface area contributed by atoms with Crippen molar-refractivity contribution in [3.8, 4) is 16.9 Å². The molecule has 0 radical (unpaired) electrons. The third-order valence-corrected chi connectivity index (χ3v) is 7.85. The highest BCUT2D eigenvalue weighted by atomic mass is 19.1. The van der Waals surface area contributed by atoms with Gasteiger partial charge < -0.3 is 19.5 Å². The summed E-state index contributed by atoms with van der Waals surface area (Å²) in [6.45, 7) is 1.77. The molecule has 0 bridgehead atoms. The fraction of sp³-hybridized carbons (Fsp3) is 0.367. The van der Waals surface area contributed by atoms with Crippen LogP contribution < -0.4 is 14.7 Å². The summed E-state index contributed by atoms with van der Waals surface area (Å²) >= 11 is 0. The molecule has 5 rings (SSSR count). The van der Waals surface area contributed by atoms with Crippen molar-refractivity contribution in [2.24, 2.45) is 11.8 Å². The van der Waals surface area contributed by atoms with E-state index in [4.69, 9.17) is 4.74 Å². The van der Waals surface area contributed by atoms with E-state index in [1.807, 2.05) is 12.1 Å². The van der Waals surface area contributed by atoms with Gasteiger partial charge in [-0.1, -0.05) is 43.3 Å². The van der Waals surface area contributed by atoms with Crippen LogP contribution in [0.3, 0.4) is 0 Å². The largest absolute Gasteiger partial charge is 0.550 e. The van der Waals surface area contributed by atoms with Gasteiger partial charge in [-0.15, -0.1) is 0 Å². The second-order valence-electron chi connectivity index (χ2n) is 9.99. The van der Waals surface area contributed by atoms with E-state index in [1.165, 1.54) is 17.2 Å². The Bertz CT molecular complexity index is 1230. The molecule has 1 unspecified atom stereocenters. The number of benzene rings is 3. The summed E-state index contributed by atoms with van der Waals surface area (Å²) in [5, 5.41) is 11.7. The van der Waals surface area contributed by atoms with E-state index in [0.717, 1.165) is 42.5 Å². The molecule has 1 heterocycles. The lowest BCUT2D eigenvalue weighted by molar-refractivity contribution is -0.311. The number of carboxylic acid groups (broad SMARTS) is 1. The molecule has 0 spiro atoms. The highest BCUT2D eigenvalue weighted by Crippen LogP contribution is 2.48. The number of methoxy groups -OCH3 is 1. The van der Waals surface area contributed by atoms with Crippen LogP contribution in [0.25, 0.3) is 11.1 Å². The lowest BCUT2D eigenvalue weighted by Gasteiger charge is -2.37. The van der Waals surface area contributed by atoms with Crippen LogP contribution in [0.5, 0.6) is 5.75 Å². The first-order valence-electron chi connectivity index (χ1n) is 12.4. The lowest BCUT2D eigenvalue weighted by atomic mass is 9.81. The molecule has 0 saturated heterocycles. The Kier molecular flexibility index (Phi) is 6.26. The third-order valence-electron chi connectivity index (χ3n) is 7.85. The van der Waals surface area contributed by atoms with E-state index in [1.54, 1.807) is 26.2 Å². The number of halogens is 1. The van der Waals surface area contributed by atoms with Crippen molar-refractivity contribution in [3.63, 3.8) is 0 Å². The van der Waals surface area contributed by atoms with Gasteiger partial charge in [-0.2, -0.15) is 0 Å². The van der Waals surface area contributed by atoms with Crippen molar-refractivity contribution in [1.29, 1.82) is 0 Å². The molecule has 182 valence electrons.